The minimum atomic E-state index is -0.681. The van der Waals surface area contributed by atoms with Crippen LogP contribution in [0.4, 0.5) is 5.69 Å². The van der Waals surface area contributed by atoms with E-state index in [9.17, 15) is 15.2 Å². The molecule has 0 spiro atoms. The van der Waals surface area contributed by atoms with Crippen LogP contribution in [0.2, 0.25) is 0 Å². The van der Waals surface area contributed by atoms with Gasteiger partial charge >= 0.3 is 0 Å². The lowest BCUT2D eigenvalue weighted by molar-refractivity contribution is -0.116. The summed E-state index contributed by atoms with van der Waals surface area (Å²) < 4.78 is 5.54. The lowest BCUT2D eigenvalue weighted by Gasteiger charge is -2.23. The molecule has 0 saturated heterocycles. The summed E-state index contributed by atoms with van der Waals surface area (Å²) in [6.45, 7) is 8.45. The second kappa shape index (κ2) is 10.9. The number of halogens is 1. The van der Waals surface area contributed by atoms with Crippen molar-refractivity contribution < 1.29 is 14.6 Å². The number of aliphatic hydroxyl groups is 1. The fourth-order valence-electron chi connectivity index (χ4n) is 1.94. The van der Waals surface area contributed by atoms with Gasteiger partial charge in [0.2, 0.25) is 5.91 Å². The highest BCUT2D eigenvalue weighted by atomic mass is 35.5. The zero-order valence-electron chi connectivity index (χ0n) is 15.3. The van der Waals surface area contributed by atoms with Gasteiger partial charge in [0.25, 0.3) is 0 Å². The zero-order valence-corrected chi connectivity index (χ0v) is 16.1. The van der Waals surface area contributed by atoms with E-state index in [1.807, 2.05) is 33.8 Å². The van der Waals surface area contributed by atoms with Crippen molar-refractivity contribution in [3.63, 3.8) is 0 Å². The highest BCUT2D eigenvalue weighted by Gasteiger charge is 2.14. The van der Waals surface area contributed by atoms with Crippen molar-refractivity contribution >= 4 is 24.0 Å². The van der Waals surface area contributed by atoms with Gasteiger partial charge in [0.05, 0.1) is 5.56 Å². The van der Waals surface area contributed by atoms with Crippen molar-refractivity contribution in [2.45, 2.75) is 52.2 Å². The summed E-state index contributed by atoms with van der Waals surface area (Å²) in [7, 11) is 0. The third kappa shape index (κ3) is 9.30. The summed E-state index contributed by atoms with van der Waals surface area (Å²) in [5.74, 6) is 0.305. The van der Waals surface area contributed by atoms with Gasteiger partial charge in [-0.3, -0.25) is 4.79 Å². The number of carbonyl (C=O) groups is 1. The number of benzene rings is 1. The molecule has 0 radical (unpaired) electrons. The van der Waals surface area contributed by atoms with Crippen LogP contribution in [-0.4, -0.2) is 35.8 Å². The molecule has 0 aliphatic carbocycles. The normalized spacial score (nSPS) is 11.8. The summed E-state index contributed by atoms with van der Waals surface area (Å²) in [6, 6.07) is 6.93. The Bertz CT molecular complexity index is 594. The Morgan fingerprint density at radius 2 is 2.08 bits per heavy atom. The first-order chi connectivity index (χ1) is 11.2. The number of aliphatic hydroxyl groups excluding tert-OH is 1. The van der Waals surface area contributed by atoms with E-state index in [1.165, 1.54) is 0 Å². The first kappa shape index (κ1) is 23.2. The summed E-state index contributed by atoms with van der Waals surface area (Å²) in [5.41, 5.74) is 0.796. The van der Waals surface area contributed by atoms with Crippen molar-refractivity contribution in [2.75, 3.05) is 18.5 Å². The molecule has 1 aromatic carbocycles. The van der Waals surface area contributed by atoms with E-state index in [2.05, 4.69) is 10.6 Å². The van der Waals surface area contributed by atoms with Crippen molar-refractivity contribution in [3.8, 4) is 11.8 Å². The number of β-amino-alcohol motifs (C(OH)–C–C–N with tert-alkyl or cyclic N) is 1. The first-order valence-corrected chi connectivity index (χ1v) is 8.15. The number of amides is 1. The van der Waals surface area contributed by atoms with E-state index in [-0.39, 0.29) is 30.5 Å². The van der Waals surface area contributed by atoms with Gasteiger partial charge in [-0.2, -0.15) is 5.26 Å². The number of anilines is 1. The molecule has 0 aliphatic heterocycles. The monoisotopic (exact) mass is 369 g/mol. The third-order valence-corrected chi connectivity index (χ3v) is 3.16. The van der Waals surface area contributed by atoms with Crippen LogP contribution in [-0.2, 0) is 4.79 Å². The number of hydrogen-bond donors (Lipinski definition) is 3. The van der Waals surface area contributed by atoms with Gasteiger partial charge in [-0.15, -0.1) is 12.4 Å². The number of rotatable bonds is 8. The SMILES string of the molecule is CCCC(=O)Nc1ccc(OCC(O)CNC(C)(C)C)c(C#N)c1.Cl. The quantitative estimate of drug-likeness (QED) is 0.655. The van der Waals surface area contributed by atoms with Gasteiger partial charge in [0.15, 0.2) is 0 Å². The summed E-state index contributed by atoms with van der Waals surface area (Å²) >= 11 is 0. The molecule has 3 N–H and O–H groups in total. The molecule has 1 aromatic rings. The van der Waals surface area contributed by atoms with Gasteiger partial charge in [-0.05, 0) is 45.4 Å². The fraction of sp³-hybridized carbons (Fsp3) is 0.556. The molecule has 140 valence electrons. The van der Waals surface area contributed by atoms with Crippen LogP contribution in [0.5, 0.6) is 5.75 Å². The molecule has 0 aromatic heterocycles. The van der Waals surface area contributed by atoms with E-state index >= 15 is 0 Å². The minimum absolute atomic E-state index is 0. The number of nitrogens with one attached hydrogen (secondary N) is 2. The van der Waals surface area contributed by atoms with E-state index in [0.717, 1.165) is 6.42 Å². The number of hydrogen-bond acceptors (Lipinski definition) is 5. The summed E-state index contributed by atoms with van der Waals surface area (Å²) in [6.07, 6.45) is 0.519. The van der Waals surface area contributed by atoms with Crippen LogP contribution in [0.3, 0.4) is 0 Å². The lowest BCUT2D eigenvalue weighted by atomic mass is 10.1. The fourth-order valence-corrected chi connectivity index (χ4v) is 1.94. The topological polar surface area (TPSA) is 94.4 Å². The molecule has 0 heterocycles. The smallest absolute Gasteiger partial charge is 0.224 e. The number of nitriles is 1. The first-order valence-electron chi connectivity index (χ1n) is 8.15. The molecule has 1 rings (SSSR count). The van der Waals surface area contributed by atoms with Crippen LogP contribution in [0.15, 0.2) is 18.2 Å². The van der Waals surface area contributed by atoms with Crippen LogP contribution in [0.1, 0.15) is 46.1 Å². The average molecular weight is 370 g/mol. The van der Waals surface area contributed by atoms with Crippen LogP contribution >= 0.6 is 12.4 Å². The highest BCUT2D eigenvalue weighted by Crippen LogP contribution is 2.22. The van der Waals surface area contributed by atoms with Crippen molar-refractivity contribution in [1.29, 1.82) is 5.26 Å². The number of carbonyl (C=O) groups excluding carboxylic acids is 1. The molecular weight excluding hydrogens is 342 g/mol. The Labute approximate surface area is 156 Å². The summed E-state index contributed by atoms with van der Waals surface area (Å²) in [4.78, 5) is 11.6. The maximum Gasteiger partial charge on any atom is 0.224 e. The number of nitrogens with zero attached hydrogens (tertiary/aromatic N) is 1. The molecule has 0 aliphatic rings. The van der Waals surface area contributed by atoms with Crippen LogP contribution < -0.4 is 15.4 Å². The highest BCUT2D eigenvalue weighted by molar-refractivity contribution is 5.91. The molecule has 7 heteroatoms. The molecule has 25 heavy (non-hydrogen) atoms. The molecular formula is C18H28ClN3O3. The molecule has 1 atom stereocenters. The lowest BCUT2D eigenvalue weighted by Crippen LogP contribution is -2.42. The maximum atomic E-state index is 11.6. The second-order valence-electron chi connectivity index (χ2n) is 6.72. The minimum Gasteiger partial charge on any atom is -0.489 e. The Kier molecular flexibility index (Phi) is 10.1. The van der Waals surface area contributed by atoms with E-state index in [4.69, 9.17) is 4.74 Å². The third-order valence-electron chi connectivity index (χ3n) is 3.16. The molecule has 0 fully saturated rings. The van der Waals surface area contributed by atoms with Crippen molar-refractivity contribution in [2.24, 2.45) is 0 Å². The van der Waals surface area contributed by atoms with Crippen molar-refractivity contribution in [3.05, 3.63) is 23.8 Å². The second-order valence-corrected chi connectivity index (χ2v) is 6.72. The average Bonchev–Trinajstić information content (AvgIpc) is 2.51. The Morgan fingerprint density at radius 1 is 1.40 bits per heavy atom. The van der Waals surface area contributed by atoms with Crippen molar-refractivity contribution in [1.82, 2.24) is 5.32 Å². The molecule has 0 saturated carbocycles. The molecule has 6 nitrogen and oxygen atoms in total. The van der Waals surface area contributed by atoms with E-state index < -0.39 is 6.10 Å². The molecule has 0 bridgehead atoms. The standard InChI is InChI=1S/C18H27N3O3.ClH/c1-5-6-17(23)21-14-7-8-16(13(9-14)10-19)24-12-15(22)11-20-18(2,3)4;/h7-9,15,20,22H,5-6,11-12H2,1-4H3,(H,21,23);1H. The van der Waals surface area contributed by atoms with Gasteiger partial charge in [0.1, 0.15) is 24.5 Å². The summed E-state index contributed by atoms with van der Waals surface area (Å²) in [5, 5.41) is 25.1. The van der Waals surface area contributed by atoms with Gasteiger partial charge in [-0.1, -0.05) is 6.92 Å². The largest absolute Gasteiger partial charge is 0.489 e. The molecule has 1 amide bonds. The maximum absolute atomic E-state index is 11.6. The van der Waals surface area contributed by atoms with Gasteiger partial charge in [-0.25, -0.2) is 0 Å². The Hall–Kier alpha value is -1.81. The molecule has 1 unspecified atom stereocenters. The van der Waals surface area contributed by atoms with E-state index in [1.54, 1.807) is 18.2 Å². The van der Waals surface area contributed by atoms with E-state index in [0.29, 0.717) is 30.0 Å². The van der Waals surface area contributed by atoms with Crippen LogP contribution in [0.25, 0.3) is 0 Å². The van der Waals surface area contributed by atoms with Gasteiger partial charge < -0.3 is 20.5 Å². The predicted molar refractivity (Wildman–Crippen MR) is 101 cm³/mol. The Morgan fingerprint density at radius 3 is 2.64 bits per heavy atom. The predicted octanol–water partition coefficient (Wildman–Crippen LogP) is 2.85. The zero-order chi connectivity index (χ0) is 18.2. The Balaban J connectivity index is 0.00000576. The van der Waals surface area contributed by atoms with Crippen LogP contribution in [0, 0.1) is 11.3 Å². The number of ether oxygens (including phenoxy) is 1. The van der Waals surface area contributed by atoms with Gasteiger partial charge in [0, 0.05) is 24.2 Å².